The van der Waals surface area contributed by atoms with Gasteiger partial charge in [-0.1, -0.05) is 46.3 Å². The first kappa shape index (κ1) is 20.9. The average Bonchev–Trinajstić information content (AvgIpc) is 2.67. The summed E-state index contributed by atoms with van der Waals surface area (Å²) >= 11 is 6.88. The summed E-state index contributed by atoms with van der Waals surface area (Å²) in [6.45, 7) is 1.35. The Balaban J connectivity index is 2.08. The van der Waals surface area contributed by atoms with Crippen molar-refractivity contribution < 1.29 is 19.1 Å². The second kappa shape index (κ2) is 8.71. The molecule has 0 aliphatic carbocycles. The number of urea groups is 1. The summed E-state index contributed by atoms with van der Waals surface area (Å²) in [6, 6.07) is 13.5. The van der Waals surface area contributed by atoms with Gasteiger partial charge in [0.2, 0.25) is 0 Å². The molecule has 148 valence electrons. The van der Waals surface area contributed by atoms with E-state index in [0.717, 1.165) is 10.0 Å². The molecular formula is C20H15Br2N3O4. The highest BCUT2D eigenvalue weighted by Gasteiger charge is 2.23. The molecule has 1 atom stereocenters. The standard InChI is InChI=1S/C20H15Br2N3O4/c1-10(18(26)25-20(23)28)29-19(27)14-9-16(11-5-3-2-4-6-11)24-17-13(14)7-12(21)8-15(17)22/h2-10H,1H3,(H3,23,25,26,28)/t10-/m0/s1. The Kier molecular flexibility index (Phi) is 6.29. The topological polar surface area (TPSA) is 111 Å². The van der Waals surface area contributed by atoms with Crippen molar-refractivity contribution in [1.29, 1.82) is 0 Å². The van der Waals surface area contributed by atoms with Crippen molar-refractivity contribution in [2.75, 3.05) is 0 Å². The molecule has 29 heavy (non-hydrogen) atoms. The number of hydrogen-bond donors (Lipinski definition) is 2. The van der Waals surface area contributed by atoms with Crippen LogP contribution in [0.1, 0.15) is 17.3 Å². The molecule has 0 aliphatic heterocycles. The maximum Gasteiger partial charge on any atom is 0.339 e. The van der Waals surface area contributed by atoms with Crippen LogP contribution in [-0.4, -0.2) is 29.0 Å². The molecule has 0 bridgehead atoms. The second-order valence-corrected chi connectivity index (χ2v) is 7.88. The number of primary amides is 1. The number of carbonyl (C=O) groups excluding carboxylic acids is 3. The van der Waals surface area contributed by atoms with Crippen LogP contribution in [0.15, 0.2) is 57.5 Å². The SMILES string of the molecule is C[C@H](OC(=O)c1cc(-c2ccccc2)nc2c(Br)cc(Br)cc12)C(=O)NC(N)=O. The number of esters is 1. The Morgan fingerprint density at radius 3 is 2.45 bits per heavy atom. The quantitative estimate of drug-likeness (QED) is 0.501. The minimum Gasteiger partial charge on any atom is -0.449 e. The normalized spacial score (nSPS) is 11.7. The van der Waals surface area contributed by atoms with E-state index in [1.54, 1.807) is 12.1 Å². The van der Waals surface area contributed by atoms with Gasteiger partial charge in [0.25, 0.3) is 5.91 Å². The maximum atomic E-state index is 12.9. The van der Waals surface area contributed by atoms with Gasteiger partial charge in [-0.2, -0.15) is 0 Å². The lowest BCUT2D eigenvalue weighted by Gasteiger charge is -2.15. The molecule has 0 unspecified atom stereocenters. The molecular weight excluding hydrogens is 506 g/mol. The molecule has 2 aromatic carbocycles. The molecule has 0 saturated heterocycles. The number of amides is 3. The molecule has 1 heterocycles. The first-order valence-electron chi connectivity index (χ1n) is 8.42. The zero-order valence-corrected chi connectivity index (χ0v) is 18.3. The summed E-state index contributed by atoms with van der Waals surface area (Å²) in [5, 5.41) is 2.43. The minimum absolute atomic E-state index is 0.231. The lowest BCUT2D eigenvalue weighted by Crippen LogP contribution is -2.42. The van der Waals surface area contributed by atoms with Crippen LogP contribution < -0.4 is 11.1 Å². The summed E-state index contributed by atoms with van der Waals surface area (Å²) in [5.41, 5.74) is 7.12. The number of nitrogens with zero attached hydrogens (tertiary/aromatic N) is 1. The molecule has 3 amide bonds. The summed E-state index contributed by atoms with van der Waals surface area (Å²) in [5.74, 6) is -1.54. The first-order valence-corrected chi connectivity index (χ1v) is 10.0. The summed E-state index contributed by atoms with van der Waals surface area (Å²) in [7, 11) is 0. The number of hydrogen-bond acceptors (Lipinski definition) is 5. The molecule has 1 aromatic heterocycles. The zero-order valence-electron chi connectivity index (χ0n) is 15.1. The Hall–Kier alpha value is -2.78. The molecule has 3 aromatic rings. The van der Waals surface area contributed by atoms with Gasteiger partial charge in [0.15, 0.2) is 6.10 Å². The fourth-order valence-electron chi connectivity index (χ4n) is 2.68. The van der Waals surface area contributed by atoms with Gasteiger partial charge in [-0.05, 0) is 41.1 Å². The predicted octanol–water partition coefficient (Wildman–Crippen LogP) is 4.17. The van der Waals surface area contributed by atoms with Crippen LogP contribution in [-0.2, 0) is 9.53 Å². The Bertz CT molecular complexity index is 1120. The Morgan fingerprint density at radius 1 is 1.10 bits per heavy atom. The highest BCUT2D eigenvalue weighted by molar-refractivity contribution is 9.11. The highest BCUT2D eigenvalue weighted by atomic mass is 79.9. The van der Waals surface area contributed by atoms with Gasteiger partial charge >= 0.3 is 12.0 Å². The van der Waals surface area contributed by atoms with Gasteiger partial charge < -0.3 is 10.5 Å². The fourth-order valence-corrected chi connectivity index (χ4v) is 3.99. The van der Waals surface area contributed by atoms with Gasteiger partial charge in [-0.3, -0.25) is 10.1 Å². The molecule has 0 spiro atoms. The van der Waals surface area contributed by atoms with E-state index in [1.165, 1.54) is 6.92 Å². The number of rotatable bonds is 4. The third-order valence-corrected chi connectivity index (χ3v) is 5.08. The van der Waals surface area contributed by atoms with E-state index in [2.05, 4.69) is 36.8 Å². The van der Waals surface area contributed by atoms with Crippen LogP contribution >= 0.6 is 31.9 Å². The van der Waals surface area contributed by atoms with Crippen LogP contribution in [0.5, 0.6) is 0 Å². The number of benzene rings is 2. The number of imide groups is 1. The van der Waals surface area contributed by atoms with Crippen molar-refractivity contribution in [3.8, 4) is 11.3 Å². The largest absolute Gasteiger partial charge is 0.449 e. The lowest BCUT2D eigenvalue weighted by molar-refractivity contribution is -0.127. The van der Waals surface area contributed by atoms with E-state index in [9.17, 15) is 14.4 Å². The van der Waals surface area contributed by atoms with Crippen LogP contribution in [0.4, 0.5) is 4.79 Å². The molecule has 3 rings (SSSR count). The van der Waals surface area contributed by atoms with Gasteiger partial charge in [-0.25, -0.2) is 14.6 Å². The Labute approximate surface area is 182 Å². The molecule has 0 aliphatic rings. The first-order chi connectivity index (χ1) is 13.8. The van der Waals surface area contributed by atoms with Gasteiger partial charge in [0.05, 0.1) is 16.8 Å². The molecule has 0 fully saturated rings. The van der Waals surface area contributed by atoms with Crippen LogP contribution in [0.25, 0.3) is 22.2 Å². The number of pyridine rings is 1. The Morgan fingerprint density at radius 2 is 1.79 bits per heavy atom. The van der Waals surface area contributed by atoms with Crippen molar-refractivity contribution in [2.24, 2.45) is 5.73 Å². The van der Waals surface area contributed by atoms with Crippen molar-refractivity contribution in [2.45, 2.75) is 13.0 Å². The van der Waals surface area contributed by atoms with E-state index in [4.69, 9.17) is 10.5 Å². The molecule has 0 radical (unpaired) electrons. The third-order valence-electron chi connectivity index (χ3n) is 4.02. The van der Waals surface area contributed by atoms with Gasteiger partial charge in [-0.15, -0.1) is 0 Å². The molecule has 9 heteroatoms. The van der Waals surface area contributed by atoms with E-state index >= 15 is 0 Å². The number of carbonyl (C=O) groups is 3. The molecule has 0 saturated carbocycles. The summed E-state index contributed by atoms with van der Waals surface area (Å²) < 4.78 is 6.68. The van der Waals surface area contributed by atoms with E-state index in [0.29, 0.717) is 21.1 Å². The van der Waals surface area contributed by atoms with Crippen LogP contribution in [0.2, 0.25) is 0 Å². The third kappa shape index (κ3) is 4.80. The number of aromatic nitrogens is 1. The van der Waals surface area contributed by atoms with Crippen molar-refractivity contribution in [3.05, 3.63) is 63.0 Å². The number of ether oxygens (including phenoxy) is 1. The van der Waals surface area contributed by atoms with Gasteiger partial charge in [0, 0.05) is 19.9 Å². The molecule has 7 nitrogen and oxygen atoms in total. The van der Waals surface area contributed by atoms with Gasteiger partial charge in [0.1, 0.15) is 0 Å². The highest BCUT2D eigenvalue weighted by Crippen LogP contribution is 2.32. The number of nitrogens with two attached hydrogens (primary N) is 1. The number of nitrogens with one attached hydrogen (secondary N) is 1. The summed E-state index contributed by atoms with van der Waals surface area (Å²) in [4.78, 5) is 40.3. The maximum absolute atomic E-state index is 12.9. The summed E-state index contributed by atoms with van der Waals surface area (Å²) in [6.07, 6.45) is -1.21. The number of halogens is 2. The van der Waals surface area contributed by atoms with Crippen molar-refractivity contribution in [1.82, 2.24) is 10.3 Å². The van der Waals surface area contributed by atoms with Crippen molar-refractivity contribution >= 4 is 60.7 Å². The average molecular weight is 521 g/mol. The van der Waals surface area contributed by atoms with Crippen LogP contribution in [0.3, 0.4) is 0 Å². The monoisotopic (exact) mass is 519 g/mol. The minimum atomic E-state index is -1.21. The second-order valence-electron chi connectivity index (χ2n) is 6.11. The van der Waals surface area contributed by atoms with E-state index in [-0.39, 0.29) is 5.56 Å². The lowest BCUT2D eigenvalue weighted by atomic mass is 10.0. The number of fused-ring (bicyclic) bond motifs is 1. The predicted molar refractivity (Wildman–Crippen MR) is 115 cm³/mol. The van der Waals surface area contributed by atoms with Crippen LogP contribution in [0, 0.1) is 0 Å². The fraction of sp³-hybridized carbons (Fsp3) is 0.100. The van der Waals surface area contributed by atoms with E-state index in [1.807, 2.05) is 41.7 Å². The van der Waals surface area contributed by atoms with E-state index < -0.39 is 24.0 Å². The van der Waals surface area contributed by atoms with Crippen molar-refractivity contribution in [3.63, 3.8) is 0 Å². The molecule has 3 N–H and O–H groups in total. The zero-order chi connectivity index (χ0) is 21.1. The smallest absolute Gasteiger partial charge is 0.339 e.